The molecule has 3 saturated carbocycles. The zero-order valence-corrected chi connectivity index (χ0v) is 20.7. The van der Waals surface area contributed by atoms with Crippen molar-refractivity contribution in [1.29, 1.82) is 0 Å². The van der Waals surface area contributed by atoms with E-state index in [9.17, 15) is 14.7 Å². The van der Waals surface area contributed by atoms with Gasteiger partial charge in [-0.15, -0.1) is 0 Å². The zero-order valence-electron chi connectivity index (χ0n) is 20.7. The molecule has 0 spiro atoms. The number of rotatable bonds is 7. The molecule has 0 radical (unpaired) electrons. The first kappa shape index (κ1) is 22.7. The molecule has 7 nitrogen and oxygen atoms in total. The van der Waals surface area contributed by atoms with Crippen molar-refractivity contribution in [2.24, 2.45) is 10.8 Å². The summed E-state index contributed by atoms with van der Waals surface area (Å²) < 4.78 is 1.84. The predicted molar refractivity (Wildman–Crippen MR) is 145 cm³/mol. The number of amides is 1. The third-order valence-electron chi connectivity index (χ3n) is 8.27. The molecule has 5 aromatic rings. The van der Waals surface area contributed by atoms with E-state index >= 15 is 0 Å². The van der Waals surface area contributed by atoms with Gasteiger partial charge in [-0.1, -0.05) is 54.6 Å². The molecular weight excluding hydrogens is 476 g/mol. The Labute approximate surface area is 219 Å². The molecular formula is C31H26N4O3. The number of para-hydroxylation sites is 1. The normalized spacial score (nSPS) is 21.6. The summed E-state index contributed by atoms with van der Waals surface area (Å²) in [4.78, 5) is 29.9. The number of carboxylic acid groups (broad SMARTS) is 1. The van der Waals surface area contributed by atoms with Crippen LogP contribution in [0.3, 0.4) is 0 Å². The fraction of sp³-hybridized carbons (Fsp3) is 0.226. The van der Waals surface area contributed by atoms with Gasteiger partial charge >= 0.3 is 5.97 Å². The predicted octanol–water partition coefficient (Wildman–Crippen LogP) is 5.28. The number of fused-ring (bicyclic) bond motifs is 2. The Balaban J connectivity index is 1.23. The number of hydrogen-bond acceptors (Lipinski definition) is 4. The molecule has 7 heteroatoms. The minimum Gasteiger partial charge on any atom is -0.481 e. The van der Waals surface area contributed by atoms with Gasteiger partial charge in [0.15, 0.2) is 0 Å². The van der Waals surface area contributed by atoms with Crippen molar-refractivity contribution < 1.29 is 14.7 Å². The van der Waals surface area contributed by atoms with Crippen LogP contribution in [0.25, 0.3) is 32.9 Å². The largest absolute Gasteiger partial charge is 0.481 e. The molecule has 3 aromatic carbocycles. The van der Waals surface area contributed by atoms with Gasteiger partial charge in [0, 0.05) is 17.3 Å². The molecule has 188 valence electrons. The third kappa shape index (κ3) is 3.57. The molecule has 3 fully saturated rings. The lowest BCUT2D eigenvalue weighted by Gasteiger charge is -2.68. The average Bonchev–Trinajstić information content (AvgIpc) is 3.29. The van der Waals surface area contributed by atoms with Crippen molar-refractivity contribution in [2.45, 2.75) is 25.8 Å². The van der Waals surface area contributed by atoms with Crippen LogP contribution < -0.4 is 5.32 Å². The number of carbonyl (C=O) groups excluding carboxylic acids is 1. The molecule has 0 atom stereocenters. The van der Waals surface area contributed by atoms with Gasteiger partial charge in [-0.3, -0.25) is 19.3 Å². The van der Waals surface area contributed by atoms with E-state index in [0.29, 0.717) is 37.9 Å². The highest BCUT2D eigenvalue weighted by molar-refractivity contribution is 6.07. The Bertz CT molecular complexity index is 1720. The number of nitrogens with one attached hydrogen (secondary N) is 1. The second-order valence-corrected chi connectivity index (χ2v) is 10.9. The highest BCUT2D eigenvalue weighted by Crippen LogP contribution is 2.73. The number of carboxylic acids is 1. The summed E-state index contributed by atoms with van der Waals surface area (Å²) >= 11 is 0. The molecule has 38 heavy (non-hydrogen) atoms. The molecule has 2 heterocycles. The van der Waals surface area contributed by atoms with Crippen LogP contribution in [0.1, 0.15) is 35.3 Å². The number of nitrogens with zero attached hydrogens (tertiary/aromatic N) is 3. The van der Waals surface area contributed by atoms with E-state index in [4.69, 9.17) is 4.98 Å². The van der Waals surface area contributed by atoms with Gasteiger partial charge in [0.25, 0.3) is 5.91 Å². The van der Waals surface area contributed by atoms with Crippen LogP contribution in [0.4, 0.5) is 0 Å². The van der Waals surface area contributed by atoms with Crippen LogP contribution in [0.15, 0.2) is 85.1 Å². The summed E-state index contributed by atoms with van der Waals surface area (Å²) in [6.45, 7) is 0.919. The van der Waals surface area contributed by atoms with Gasteiger partial charge in [-0.05, 0) is 60.1 Å². The Morgan fingerprint density at radius 2 is 1.66 bits per heavy atom. The number of pyridine rings is 1. The Kier molecular flexibility index (Phi) is 4.92. The summed E-state index contributed by atoms with van der Waals surface area (Å²) in [6, 6.07) is 26.0. The standard InChI is InChI=1S/C31H26N4O3/c36-28(32-19-30-16-31(17-30,18-30)29(37)38)25-13-22(20-6-2-1-3-7-20)12-23-14-33-35(27(23)25)15-24-11-10-21-8-4-5-9-26(21)34-24/h1-14H,15-19H2,(H,32,36)(H,37,38). The molecule has 0 aliphatic heterocycles. The molecule has 0 unspecified atom stereocenters. The van der Waals surface area contributed by atoms with Gasteiger partial charge in [0.1, 0.15) is 0 Å². The Morgan fingerprint density at radius 3 is 2.45 bits per heavy atom. The molecule has 3 aliphatic rings. The molecule has 8 rings (SSSR count). The van der Waals surface area contributed by atoms with Crippen LogP contribution in [0.5, 0.6) is 0 Å². The minimum absolute atomic E-state index is 0.0839. The Hall–Kier alpha value is -4.52. The zero-order chi connectivity index (χ0) is 25.9. The van der Waals surface area contributed by atoms with E-state index in [0.717, 1.165) is 38.6 Å². The maximum absolute atomic E-state index is 13.7. The number of benzene rings is 3. The van der Waals surface area contributed by atoms with E-state index in [-0.39, 0.29) is 11.3 Å². The van der Waals surface area contributed by atoms with E-state index in [2.05, 4.69) is 22.5 Å². The lowest BCUT2D eigenvalue weighted by atomic mass is 9.35. The monoisotopic (exact) mass is 502 g/mol. The number of hydrogen-bond donors (Lipinski definition) is 2. The molecule has 1 amide bonds. The fourth-order valence-electron chi connectivity index (χ4n) is 6.45. The Morgan fingerprint density at radius 1 is 0.895 bits per heavy atom. The lowest BCUT2D eigenvalue weighted by Crippen LogP contribution is -2.68. The topological polar surface area (TPSA) is 97.1 Å². The van der Waals surface area contributed by atoms with Gasteiger partial charge in [-0.2, -0.15) is 5.10 Å². The van der Waals surface area contributed by atoms with Gasteiger partial charge in [0.05, 0.1) is 40.4 Å². The summed E-state index contributed by atoms with van der Waals surface area (Å²) in [5.41, 5.74) is 4.42. The second-order valence-electron chi connectivity index (χ2n) is 10.9. The van der Waals surface area contributed by atoms with E-state index in [1.54, 1.807) is 6.20 Å². The van der Waals surface area contributed by atoms with Crippen LogP contribution in [-0.4, -0.2) is 38.3 Å². The van der Waals surface area contributed by atoms with Crippen molar-refractivity contribution in [3.63, 3.8) is 0 Å². The van der Waals surface area contributed by atoms with Crippen molar-refractivity contribution in [3.8, 4) is 11.1 Å². The number of aliphatic carboxylic acids is 1. The van der Waals surface area contributed by atoms with Gasteiger partial charge in [-0.25, -0.2) is 0 Å². The molecule has 2 aromatic heterocycles. The summed E-state index contributed by atoms with van der Waals surface area (Å²) in [6.07, 6.45) is 3.72. The molecule has 2 bridgehead atoms. The van der Waals surface area contributed by atoms with Crippen LogP contribution in [0.2, 0.25) is 0 Å². The minimum atomic E-state index is -0.714. The average molecular weight is 503 g/mol. The van der Waals surface area contributed by atoms with E-state index < -0.39 is 11.4 Å². The maximum atomic E-state index is 13.7. The highest BCUT2D eigenvalue weighted by atomic mass is 16.4. The van der Waals surface area contributed by atoms with Gasteiger partial charge < -0.3 is 10.4 Å². The first-order chi connectivity index (χ1) is 18.4. The summed E-state index contributed by atoms with van der Waals surface area (Å²) in [5, 5.41) is 19.2. The maximum Gasteiger partial charge on any atom is 0.309 e. The van der Waals surface area contributed by atoms with Crippen molar-refractivity contribution in [3.05, 3.63) is 96.3 Å². The lowest BCUT2D eigenvalue weighted by molar-refractivity contribution is -0.219. The first-order valence-corrected chi connectivity index (χ1v) is 12.9. The van der Waals surface area contributed by atoms with Crippen molar-refractivity contribution >= 4 is 33.7 Å². The smallest absolute Gasteiger partial charge is 0.309 e. The quantitative estimate of drug-likeness (QED) is 0.315. The van der Waals surface area contributed by atoms with Crippen molar-refractivity contribution in [2.75, 3.05) is 6.54 Å². The van der Waals surface area contributed by atoms with E-state index in [1.165, 1.54) is 0 Å². The first-order valence-electron chi connectivity index (χ1n) is 12.9. The summed E-state index contributed by atoms with van der Waals surface area (Å²) in [7, 11) is 0. The number of carbonyl (C=O) groups is 2. The van der Waals surface area contributed by atoms with Crippen LogP contribution in [0, 0.1) is 10.8 Å². The van der Waals surface area contributed by atoms with Crippen LogP contribution >= 0.6 is 0 Å². The molecule has 0 saturated heterocycles. The molecule has 3 aliphatic carbocycles. The van der Waals surface area contributed by atoms with E-state index in [1.807, 2.05) is 71.4 Å². The second kappa shape index (κ2) is 8.25. The SMILES string of the molecule is O=C(NCC12CC(C(=O)O)(C1)C2)c1cc(-c2ccccc2)cc2cnn(Cc3ccc4ccccc4n3)c12. The fourth-order valence-corrected chi connectivity index (χ4v) is 6.45. The highest BCUT2D eigenvalue weighted by Gasteiger charge is 2.71. The number of aromatic nitrogens is 3. The van der Waals surface area contributed by atoms with Gasteiger partial charge in [0.2, 0.25) is 0 Å². The van der Waals surface area contributed by atoms with Crippen LogP contribution in [-0.2, 0) is 11.3 Å². The molecule has 2 N–H and O–H groups in total. The summed E-state index contributed by atoms with van der Waals surface area (Å²) in [5.74, 6) is -0.885. The third-order valence-corrected chi connectivity index (χ3v) is 8.27. The van der Waals surface area contributed by atoms with Crippen molar-refractivity contribution in [1.82, 2.24) is 20.1 Å².